The molecule has 94 valence electrons. The van der Waals surface area contributed by atoms with Crippen LogP contribution in [0.15, 0.2) is 10.5 Å². The summed E-state index contributed by atoms with van der Waals surface area (Å²) in [6.45, 7) is 10.2. The molecule has 0 bridgehead atoms. The smallest absolute Gasteiger partial charge is 0.255 e. The van der Waals surface area contributed by atoms with Crippen molar-refractivity contribution in [3.8, 4) is 0 Å². The Hall–Kier alpha value is -1.25. The van der Waals surface area contributed by atoms with E-state index in [-0.39, 0.29) is 16.9 Å². The number of carbonyl (C=O) groups excluding carboxylic acids is 1. The van der Waals surface area contributed by atoms with E-state index in [4.69, 9.17) is 4.42 Å². The highest BCUT2D eigenvalue weighted by Crippen LogP contribution is 2.35. The summed E-state index contributed by atoms with van der Waals surface area (Å²) in [5.74, 6) is 1.56. The molecule has 0 unspecified atom stereocenters. The van der Waals surface area contributed by atoms with E-state index in [9.17, 15) is 4.79 Å². The second-order valence-corrected chi connectivity index (χ2v) is 6.35. The maximum Gasteiger partial charge on any atom is 0.255 e. The van der Waals surface area contributed by atoms with E-state index in [0.29, 0.717) is 11.3 Å². The van der Waals surface area contributed by atoms with Crippen LogP contribution in [0.5, 0.6) is 0 Å². The zero-order valence-corrected chi connectivity index (χ0v) is 11.3. The Morgan fingerprint density at radius 3 is 2.41 bits per heavy atom. The van der Waals surface area contributed by atoms with E-state index in [1.807, 2.05) is 13.0 Å². The van der Waals surface area contributed by atoms with Gasteiger partial charge in [0.1, 0.15) is 11.5 Å². The molecule has 17 heavy (non-hydrogen) atoms. The van der Waals surface area contributed by atoms with Crippen molar-refractivity contribution in [2.45, 2.75) is 58.4 Å². The Kier molecular flexibility index (Phi) is 2.60. The third kappa shape index (κ3) is 2.54. The first-order valence-corrected chi connectivity index (χ1v) is 6.15. The molecule has 0 aromatic carbocycles. The summed E-state index contributed by atoms with van der Waals surface area (Å²) in [4.78, 5) is 12.1. The number of carbonyl (C=O) groups is 1. The predicted molar refractivity (Wildman–Crippen MR) is 67.3 cm³/mol. The standard InChI is InChI=1S/C14H21NO2/c1-9-10(8-11(17-9)13(2,3)4)12(16)15-14(5)6-7-14/h8H,6-7H2,1-5H3,(H,15,16). The van der Waals surface area contributed by atoms with Crippen LogP contribution in [0.25, 0.3) is 0 Å². The summed E-state index contributed by atoms with van der Waals surface area (Å²) in [6, 6.07) is 1.87. The first-order chi connectivity index (χ1) is 7.71. The number of furan rings is 1. The second kappa shape index (κ2) is 3.62. The van der Waals surface area contributed by atoms with E-state index in [1.165, 1.54) is 0 Å². The summed E-state index contributed by atoms with van der Waals surface area (Å²) in [7, 11) is 0. The van der Waals surface area contributed by atoms with Crippen molar-refractivity contribution in [3.05, 3.63) is 23.2 Å². The van der Waals surface area contributed by atoms with Gasteiger partial charge in [-0.15, -0.1) is 0 Å². The van der Waals surface area contributed by atoms with E-state index in [2.05, 4.69) is 33.0 Å². The van der Waals surface area contributed by atoms with Crippen LogP contribution in [0.1, 0.15) is 62.4 Å². The van der Waals surface area contributed by atoms with Gasteiger partial charge in [0, 0.05) is 11.0 Å². The molecule has 1 aliphatic rings. The lowest BCUT2D eigenvalue weighted by Crippen LogP contribution is -2.34. The van der Waals surface area contributed by atoms with Crippen LogP contribution in [-0.4, -0.2) is 11.4 Å². The molecule has 2 rings (SSSR count). The van der Waals surface area contributed by atoms with E-state index in [1.54, 1.807) is 0 Å². The molecule has 1 heterocycles. The molecule has 0 spiro atoms. The first-order valence-electron chi connectivity index (χ1n) is 6.15. The highest BCUT2D eigenvalue weighted by molar-refractivity contribution is 5.96. The predicted octanol–water partition coefficient (Wildman–Crippen LogP) is 3.17. The van der Waals surface area contributed by atoms with Crippen molar-refractivity contribution in [2.24, 2.45) is 0 Å². The number of rotatable bonds is 2. The first kappa shape index (κ1) is 12.2. The molecule has 1 N–H and O–H groups in total. The van der Waals surface area contributed by atoms with Crippen LogP contribution in [0.4, 0.5) is 0 Å². The van der Waals surface area contributed by atoms with Crippen LogP contribution in [0, 0.1) is 6.92 Å². The lowest BCUT2D eigenvalue weighted by Gasteiger charge is -2.13. The van der Waals surface area contributed by atoms with Gasteiger partial charge in [0.15, 0.2) is 0 Å². The zero-order valence-electron chi connectivity index (χ0n) is 11.3. The molecule has 0 aliphatic heterocycles. The highest BCUT2D eigenvalue weighted by Gasteiger charge is 2.39. The molecule has 0 saturated heterocycles. The SMILES string of the molecule is Cc1oc(C(C)(C)C)cc1C(=O)NC1(C)CC1. The zero-order chi connectivity index (χ0) is 12.8. The maximum atomic E-state index is 12.1. The van der Waals surface area contributed by atoms with Crippen molar-refractivity contribution >= 4 is 5.91 Å². The minimum Gasteiger partial charge on any atom is -0.465 e. The van der Waals surface area contributed by atoms with Gasteiger partial charge in [-0.2, -0.15) is 0 Å². The third-order valence-corrected chi connectivity index (χ3v) is 3.32. The molecular weight excluding hydrogens is 214 g/mol. The number of aryl methyl sites for hydroxylation is 1. The molecule has 3 nitrogen and oxygen atoms in total. The fourth-order valence-corrected chi connectivity index (χ4v) is 1.73. The summed E-state index contributed by atoms with van der Waals surface area (Å²) >= 11 is 0. The Balaban J connectivity index is 2.21. The number of nitrogens with one attached hydrogen (secondary N) is 1. The van der Waals surface area contributed by atoms with E-state index in [0.717, 1.165) is 18.6 Å². The summed E-state index contributed by atoms with van der Waals surface area (Å²) < 4.78 is 5.67. The highest BCUT2D eigenvalue weighted by atomic mass is 16.3. The van der Waals surface area contributed by atoms with Crippen molar-refractivity contribution in [1.29, 1.82) is 0 Å². The normalized spacial score (nSPS) is 17.9. The molecule has 1 aromatic rings. The van der Waals surface area contributed by atoms with Gasteiger partial charge in [-0.3, -0.25) is 4.79 Å². The van der Waals surface area contributed by atoms with Crippen molar-refractivity contribution in [1.82, 2.24) is 5.32 Å². The molecule has 1 saturated carbocycles. The van der Waals surface area contributed by atoms with Crippen molar-refractivity contribution in [2.75, 3.05) is 0 Å². The largest absolute Gasteiger partial charge is 0.465 e. The average molecular weight is 235 g/mol. The molecule has 1 amide bonds. The van der Waals surface area contributed by atoms with Crippen LogP contribution in [0.3, 0.4) is 0 Å². The minimum absolute atomic E-state index is 0.0123. The topological polar surface area (TPSA) is 42.2 Å². The molecule has 1 aliphatic carbocycles. The van der Waals surface area contributed by atoms with Crippen LogP contribution in [-0.2, 0) is 5.41 Å². The minimum atomic E-state index is -0.0627. The van der Waals surface area contributed by atoms with Gasteiger partial charge in [-0.25, -0.2) is 0 Å². The molecule has 0 radical (unpaired) electrons. The van der Waals surface area contributed by atoms with Crippen LogP contribution in [0.2, 0.25) is 0 Å². The summed E-state index contributed by atoms with van der Waals surface area (Å²) in [5, 5.41) is 3.05. The van der Waals surface area contributed by atoms with Crippen molar-refractivity contribution < 1.29 is 9.21 Å². The van der Waals surface area contributed by atoms with Gasteiger partial charge >= 0.3 is 0 Å². The van der Waals surface area contributed by atoms with Gasteiger partial charge in [0.2, 0.25) is 0 Å². The molecular formula is C14H21NO2. The number of hydrogen-bond acceptors (Lipinski definition) is 2. The Morgan fingerprint density at radius 1 is 1.41 bits per heavy atom. The van der Waals surface area contributed by atoms with Gasteiger partial charge in [0.25, 0.3) is 5.91 Å². The summed E-state index contributed by atoms with van der Waals surface area (Å²) in [5.41, 5.74) is 0.623. The second-order valence-electron chi connectivity index (χ2n) is 6.35. The monoisotopic (exact) mass is 235 g/mol. The molecule has 1 aromatic heterocycles. The lowest BCUT2D eigenvalue weighted by molar-refractivity contribution is 0.0934. The fraction of sp³-hybridized carbons (Fsp3) is 0.643. The van der Waals surface area contributed by atoms with Gasteiger partial charge in [0.05, 0.1) is 5.56 Å². The average Bonchev–Trinajstić information content (AvgIpc) is 2.75. The molecule has 3 heteroatoms. The Bertz CT molecular complexity index is 447. The van der Waals surface area contributed by atoms with Crippen molar-refractivity contribution in [3.63, 3.8) is 0 Å². The summed E-state index contributed by atoms with van der Waals surface area (Å²) in [6.07, 6.45) is 2.14. The number of amides is 1. The fourth-order valence-electron chi connectivity index (χ4n) is 1.73. The maximum absolute atomic E-state index is 12.1. The van der Waals surface area contributed by atoms with E-state index < -0.39 is 0 Å². The van der Waals surface area contributed by atoms with Crippen LogP contribution < -0.4 is 5.32 Å². The Labute approximate surface area is 103 Å². The quantitative estimate of drug-likeness (QED) is 0.855. The van der Waals surface area contributed by atoms with Gasteiger partial charge in [-0.05, 0) is 32.8 Å². The number of hydrogen-bond donors (Lipinski definition) is 1. The lowest BCUT2D eigenvalue weighted by atomic mass is 9.93. The van der Waals surface area contributed by atoms with E-state index >= 15 is 0 Å². The third-order valence-electron chi connectivity index (χ3n) is 3.32. The molecule has 0 atom stereocenters. The Morgan fingerprint density at radius 2 is 2.00 bits per heavy atom. The van der Waals surface area contributed by atoms with Gasteiger partial charge < -0.3 is 9.73 Å². The van der Waals surface area contributed by atoms with Crippen LogP contribution >= 0.6 is 0 Å². The molecule has 1 fully saturated rings. The van der Waals surface area contributed by atoms with Gasteiger partial charge in [-0.1, -0.05) is 20.8 Å².